The van der Waals surface area contributed by atoms with E-state index in [1.165, 1.54) is 18.2 Å². The summed E-state index contributed by atoms with van der Waals surface area (Å²) in [6.45, 7) is 3.94. The van der Waals surface area contributed by atoms with Crippen molar-refractivity contribution in [3.8, 4) is 34.5 Å². The highest BCUT2D eigenvalue weighted by atomic mass is 16.5. The molecule has 6 nitrogen and oxygen atoms in total. The zero-order valence-corrected chi connectivity index (χ0v) is 27.7. The van der Waals surface area contributed by atoms with Crippen LogP contribution in [0.25, 0.3) is 12.2 Å². The number of hydrogen-bond donors (Lipinski definition) is 2. The first-order valence-corrected chi connectivity index (χ1v) is 16.0. The average molecular weight is 661 g/mol. The van der Waals surface area contributed by atoms with Gasteiger partial charge in [0.15, 0.2) is 23.1 Å². The van der Waals surface area contributed by atoms with E-state index in [0.29, 0.717) is 28.2 Å². The van der Waals surface area contributed by atoms with E-state index in [4.69, 9.17) is 9.47 Å². The van der Waals surface area contributed by atoms with Gasteiger partial charge in [-0.15, -0.1) is 0 Å². The van der Waals surface area contributed by atoms with Crippen LogP contribution >= 0.6 is 0 Å². The molecule has 0 atom stereocenters. The Morgan fingerprint density at radius 3 is 1.40 bits per heavy atom. The average Bonchev–Trinajstić information content (AvgIpc) is 3.15. The number of aromatic hydroxyl groups is 2. The Balaban J connectivity index is 0.000000253. The monoisotopic (exact) mass is 660 g/mol. The van der Waals surface area contributed by atoms with Crippen LogP contribution in [0.4, 0.5) is 0 Å². The van der Waals surface area contributed by atoms with E-state index in [-0.39, 0.29) is 28.6 Å². The molecule has 0 aliphatic carbocycles. The molecule has 0 radical (unpaired) electrons. The van der Waals surface area contributed by atoms with Crippen molar-refractivity contribution in [1.29, 1.82) is 0 Å². The molecule has 0 unspecified atom stereocenters. The highest BCUT2D eigenvalue weighted by Crippen LogP contribution is 2.31. The van der Waals surface area contributed by atoms with E-state index in [2.05, 4.69) is 0 Å². The Bertz CT molecular complexity index is 2010. The Labute approximate surface area is 291 Å². The van der Waals surface area contributed by atoms with Crippen LogP contribution in [0.3, 0.4) is 0 Å². The second-order valence-corrected chi connectivity index (χ2v) is 11.0. The lowest BCUT2D eigenvalue weighted by Gasteiger charge is -2.10. The molecule has 6 aromatic carbocycles. The molecule has 248 valence electrons. The van der Waals surface area contributed by atoms with Crippen molar-refractivity contribution in [2.45, 2.75) is 13.8 Å². The van der Waals surface area contributed by atoms with Gasteiger partial charge in [0.2, 0.25) is 0 Å². The zero-order valence-electron chi connectivity index (χ0n) is 27.7. The van der Waals surface area contributed by atoms with E-state index in [0.717, 1.165) is 22.6 Å². The maximum absolute atomic E-state index is 13.0. The van der Waals surface area contributed by atoms with Crippen molar-refractivity contribution in [3.05, 3.63) is 191 Å². The van der Waals surface area contributed by atoms with E-state index in [1.54, 1.807) is 54.6 Å². The molecule has 0 saturated heterocycles. The smallest absolute Gasteiger partial charge is 0.196 e. The van der Waals surface area contributed by atoms with Crippen molar-refractivity contribution in [1.82, 2.24) is 0 Å². The van der Waals surface area contributed by atoms with Crippen molar-refractivity contribution in [3.63, 3.8) is 0 Å². The minimum Gasteiger partial charge on any atom is -0.504 e. The van der Waals surface area contributed by atoms with Crippen LogP contribution < -0.4 is 9.47 Å². The van der Waals surface area contributed by atoms with Crippen molar-refractivity contribution < 1.29 is 29.3 Å². The number of para-hydroxylation sites is 3. The third-order valence-electron chi connectivity index (χ3n) is 7.51. The molecule has 0 saturated carbocycles. The number of carbonyl (C=O) groups excluding carboxylic acids is 2. The fourth-order valence-corrected chi connectivity index (χ4v) is 5.01. The molecule has 6 aromatic rings. The van der Waals surface area contributed by atoms with Crippen LogP contribution in [-0.2, 0) is 0 Å². The van der Waals surface area contributed by atoms with Crippen LogP contribution in [0.15, 0.2) is 158 Å². The highest BCUT2D eigenvalue weighted by molar-refractivity contribution is 6.11. The van der Waals surface area contributed by atoms with Gasteiger partial charge in [-0.2, -0.15) is 0 Å². The minimum absolute atomic E-state index is 0.0540. The van der Waals surface area contributed by atoms with Gasteiger partial charge in [-0.3, -0.25) is 9.59 Å². The molecule has 0 aromatic heterocycles. The van der Waals surface area contributed by atoms with E-state index in [9.17, 15) is 19.8 Å². The Hall–Kier alpha value is -6.66. The molecule has 0 fully saturated rings. The summed E-state index contributed by atoms with van der Waals surface area (Å²) in [4.78, 5) is 24.9. The molecule has 0 bridgehead atoms. The fraction of sp³-hybridized carbons (Fsp3) is 0.0455. The van der Waals surface area contributed by atoms with Crippen molar-refractivity contribution in [2.75, 3.05) is 0 Å². The van der Waals surface area contributed by atoms with Gasteiger partial charge < -0.3 is 19.7 Å². The van der Waals surface area contributed by atoms with E-state index in [1.807, 2.05) is 111 Å². The molecular formula is C44H36O6. The first-order chi connectivity index (χ1) is 24.4. The van der Waals surface area contributed by atoms with Gasteiger partial charge in [0.25, 0.3) is 0 Å². The second-order valence-electron chi connectivity index (χ2n) is 11.0. The summed E-state index contributed by atoms with van der Waals surface area (Å²) in [5.41, 5.74) is 3.78. The van der Waals surface area contributed by atoms with Crippen LogP contribution in [0.1, 0.15) is 56.8 Å². The molecule has 0 heterocycles. The fourth-order valence-electron chi connectivity index (χ4n) is 5.01. The molecule has 50 heavy (non-hydrogen) atoms. The molecule has 6 rings (SSSR count). The molecule has 0 amide bonds. The maximum atomic E-state index is 13.0. The molecular weight excluding hydrogens is 624 g/mol. The molecule has 0 spiro atoms. The molecule has 6 heteroatoms. The number of allylic oxidation sites excluding steroid dienone is 2. The Kier molecular flexibility index (Phi) is 11.8. The summed E-state index contributed by atoms with van der Waals surface area (Å²) in [6.07, 6.45) is 7.95. The number of benzene rings is 6. The number of phenolic OH excluding ortho intramolecular Hbond substituents is 2. The van der Waals surface area contributed by atoms with Gasteiger partial charge in [0.1, 0.15) is 23.0 Å². The SMILES string of the molecule is CC=Cc1ccccc1Oc1ccc(C(=O)c2ccc(Oc3ccccc3C=CC)cc2)cc1.O=C(c1ccccc1)c1cccc(O)c1O. The van der Waals surface area contributed by atoms with E-state index < -0.39 is 0 Å². The first kappa shape index (κ1) is 34.7. The second kappa shape index (κ2) is 16.9. The number of carbonyl (C=O) groups is 2. The van der Waals surface area contributed by atoms with Gasteiger partial charge in [-0.05, 0) is 86.6 Å². The summed E-state index contributed by atoms with van der Waals surface area (Å²) in [7, 11) is 0. The number of ether oxygens (including phenoxy) is 2. The predicted molar refractivity (Wildman–Crippen MR) is 198 cm³/mol. The largest absolute Gasteiger partial charge is 0.504 e. The summed E-state index contributed by atoms with van der Waals surface area (Å²) >= 11 is 0. The normalized spacial score (nSPS) is 10.8. The Morgan fingerprint density at radius 2 is 0.920 bits per heavy atom. The predicted octanol–water partition coefficient (Wildman–Crippen LogP) is 10.9. The van der Waals surface area contributed by atoms with Gasteiger partial charge in [-0.1, -0.05) is 97.1 Å². The highest BCUT2D eigenvalue weighted by Gasteiger charge is 2.15. The lowest BCUT2D eigenvalue weighted by atomic mass is 10.0. The lowest BCUT2D eigenvalue weighted by molar-refractivity contribution is 0.102. The molecule has 2 N–H and O–H groups in total. The van der Waals surface area contributed by atoms with Crippen molar-refractivity contribution >= 4 is 23.7 Å². The number of ketones is 2. The summed E-state index contributed by atoms with van der Waals surface area (Å²) in [5.74, 6) is 1.86. The summed E-state index contributed by atoms with van der Waals surface area (Å²) in [6, 6.07) is 43.0. The summed E-state index contributed by atoms with van der Waals surface area (Å²) < 4.78 is 12.0. The third-order valence-corrected chi connectivity index (χ3v) is 7.51. The van der Waals surface area contributed by atoms with Crippen LogP contribution in [0.5, 0.6) is 34.5 Å². The van der Waals surface area contributed by atoms with E-state index >= 15 is 0 Å². The van der Waals surface area contributed by atoms with Crippen LogP contribution in [-0.4, -0.2) is 21.8 Å². The topological polar surface area (TPSA) is 93.1 Å². The number of hydrogen-bond acceptors (Lipinski definition) is 6. The molecule has 0 aliphatic rings. The summed E-state index contributed by atoms with van der Waals surface area (Å²) in [5, 5.41) is 18.9. The van der Waals surface area contributed by atoms with Gasteiger partial charge >= 0.3 is 0 Å². The standard InChI is InChI=1S/C31H26O3.C13H10O3/c1-3-9-23-11-5-7-13-29(23)33-27-19-15-25(16-20-27)31(32)26-17-21-28(22-18-26)34-30-14-8-6-12-24(30)10-4-2;14-11-8-4-7-10(13(11)16)12(15)9-5-2-1-3-6-9/h3-22H,1-2H3;1-8,14,16H. The quantitative estimate of drug-likeness (QED) is 0.112. The lowest BCUT2D eigenvalue weighted by Crippen LogP contribution is -2.01. The van der Waals surface area contributed by atoms with Gasteiger partial charge in [-0.25, -0.2) is 0 Å². The number of rotatable bonds is 10. The van der Waals surface area contributed by atoms with Gasteiger partial charge in [0.05, 0.1) is 5.56 Å². The van der Waals surface area contributed by atoms with Crippen LogP contribution in [0.2, 0.25) is 0 Å². The third kappa shape index (κ3) is 8.82. The number of phenols is 2. The van der Waals surface area contributed by atoms with Gasteiger partial charge in [0, 0.05) is 27.8 Å². The zero-order chi connectivity index (χ0) is 35.3. The minimum atomic E-state index is -0.378. The maximum Gasteiger partial charge on any atom is 0.196 e. The van der Waals surface area contributed by atoms with Crippen molar-refractivity contribution in [2.24, 2.45) is 0 Å². The Morgan fingerprint density at radius 1 is 0.480 bits per heavy atom. The molecule has 0 aliphatic heterocycles. The first-order valence-electron chi connectivity index (χ1n) is 16.0. The van der Waals surface area contributed by atoms with Crippen LogP contribution in [0, 0.1) is 0 Å².